The fraction of sp³-hybridized carbons (Fsp3) is 0.455. The predicted octanol–water partition coefficient (Wildman–Crippen LogP) is 2.74. The molecular weight excluding hydrogens is 180 g/mol. The molecule has 0 saturated carbocycles. The van der Waals surface area contributed by atoms with E-state index in [4.69, 9.17) is 4.74 Å². The number of aryl methyl sites for hydroxylation is 1. The Labute approximate surface area is 83.5 Å². The summed E-state index contributed by atoms with van der Waals surface area (Å²) in [6.45, 7) is 0.975. The number of ether oxygens (including phenoxy) is 1. The minimum atomic E-state index is 0.556. The maximum atomic E-state index is 5.17. The first-order chi connectivity index (χ1) is 6.38. The zero-order chi connectivity index (χ0) is 9.10. The average Bonchev–Trinajstić information content (AvgIpc) is 2.99. The molecule has 0 N–H and O–H groups in total. The van der Waals surface area contributed by atoms with Gasteiger partial charge in [-0.3, -0.25) is 0 Å². The van der Waals surface area contributed by atoms with Gasteiger partial charge in [-0.1, -0.05) is 12.1 Å². The molecule has 2 heteroatoms. The van der Waals surface area contributed by atoms with Crippen molar-refractivity contribution in [1.82, 2.24) is 0 Å². The topological polar surface area (TPSA) is 12.5 Å². The molecule has 0 aromatic heterocycles. The van der Waals surface area contributed by atoms with Gasteiger partial charge in [0.2, 0.25) is 0 Å². The van der Waals surface area contributed by atoms with E-state index in [1.165, 1.54) is 16.9 Å². The number of hydrogen-bond donors (Lipinski definition) is 0. The smallest absolute Gasteiger partial charge is 0.0813 e. The first-order valence-electron chi connectivity index (χ1n) is 4.63. The highest BCUT2D eigenvalue weighted by atomic mass is 32.2. The quantitative estimate of drug-likeness (QED) is 0.540. The van der Waals surface area contributed by atoms with Gasteiger partial charge in [-0.2, -0.15) is 0 Å². The second-order valence-electron chi connectivity index (χ2n) is 3.34. The Morgan fingerprint density at radius 2 is 2.08 bits per heavy atom. The molecule has 1 aromatic carbocycles. The van der Waals surface area contributed by atoms with E-state index in [9.17, 15) is 0 Å². The Morgan fingerprint density at radius 3 is 2.62 bits per heavy atom. The number of benzene rings is 1. The van der Waals surface area contributed by atoms with Crippen LogP contribution in [0.4, 0.5) is 0 Å². The van der Waals surface area contributed by atoms with Gasteiger partial charge in [0, 0.05) is 4.90 Å². The van der Waals surface area contributed by atoms with Gasteiger partial charge in [0.25, 0.3) is 0 Å². The van der Waals surface area contributed by atoms with Crippen LogP contribution in [0.15, 0.2) is 29.2 Å². The molecule has 1 aliphatic rings. The molecule has 1 nitrogen and oxygen atoms in total. The first kappa shape index (κ1) is 9.10. The van der Waals surface area contributed by atoms with E-state index < -0.39 is 0 Å². The molecule has 1 aromatic rings. The molecule has 0 bridgehead atoms. The summed E-state index contributed by atoms with van der Waals surface area (Å²) in [5.41, 5.74) is 1.42. The van der Waals surface area contributed by atoms with Gasteiger partial charge in [-0.25, -0.2) is 0 Å². The van der Waals surface area contributed by atoms with Crippen molar-refractivity contribution >= 4 is 11.8 Å². The minimum Gasteiger partial charge on any atom is -0.373 e. The van der Waals surface area contributed by atoms with Crippen molar-refractivity contribution in [1.29, 1.82) is 0 Å². The molecule has 1 heterocycles. The molecule has 0 aliphatic carbocycles. The van der Waals surface area contributed by atoms with Crippen LogP contribution in [-0.4, -0.2) is 19.0 Å². The van der Waals surface area contributed by atoms with Gasteiger partial charge in [-0.15, -0.1) is 11.8 Å². The highest BCUT2D eigenvalue weighted by Crippen LogP contribution is 2.19. The molecule has 13 heavy (non-hydrogen) atoms. The van der Waals surface area contributed by atoms with Gasteiger partial charge in [0.05, 0.1) is 12.7 Å². The van der Waals surface area contributed by atoms with Gasteiger partial charge in [0.15, 0.2) is 0 Å². The summed E-state index contributed by atoms with van der Waals surface area (Å²) in [5.74, 6) is 0. The molecule has 1 aliphatic heterocycles. The zero-order valence-electron chi connectivity index (χ0n) is 7.82. The van der Waals surface area contributed by atoms with Gasteiger partial charge in [0.1, 0.15) is 0 Å². The lowest BCUT2D eigenvalue weighted by Crippen LogP contribution is -1.90. The monoisotopic (exact) mass is 194 g/mol. The summed E-state index contributed by atoms with van der Waals surface area (Å²) in [7, 11) is 0. The van der Waals surface area contributed by atoms with Crippen LogP contribution in [0.3, 0.4) is 0 Å². The van der Waals surface area contributed by atoms with Gasteiger partial charge >= 0.3 is 0 Å². The Hall–Kier alpha value is -0.470. The van der Waals surface area contributed by atoms with E-state index in [2.05, 4.69) is 30.5 Å². The van der Waals surface area contributed by atoms with Crippen LogP contribution in [0.5, 0.6) is 0 Å². The average molecular weight is 194 g/mol. The second-order valence-corrected chi connectivity index (χ2v) is 4.22. The Balaban J connectivity index is 1.88. The molecule has 70 valence electrons. The van der Waals surface area contributed by atoms with Crippen LogP contribution in [0.25, 0.3) is 0 Å². The lowest BCUT2D eigenvalue weighted by Gasteiger charge is -2.00. The highest BCUT2D eigenvalue weighted by Gasteiger charge is 2.21. The molecule has 1 saturated heterocycles. The van der Waals surface area contributed by atoms with E-state index in [0.717, 1.165) is 13.0 Å². The Bertz CT molecular complexity index is 264. The van der Waals surface area contributed by atoms with E-state index in [1.54, 1.807) is 11.8 Å². The lowest BCUT2D eigenvalue weighted by atomic mass is 10.1. The van der Waals surface area contributed by atoms with Crippen molar-refractivity contribution in [3.63, 3.8) is 0 Å². The normalized spacial score (nSPS) is 20.2. The third-order valence-corrected chi connectivity index (χ3v) is 3.06. The number of epoxide rings is 1. The molecule has 0 amide bonds. The minimum absolute atomic E-state index is 0.556. The summed E-state index contributed by atoms with van der Waals surface area (Å²) >= 11 is 1.79. The summed E-state index contributed by atoms with van der Waals surface area (Å²) in [4.78, 5) is 1.34. The predicted molar refractivity (Wildman–Crippen MR) is 56.3 cm³/mol. The maximum Gasteiger partial charge on any atom is 0.0813 e. The molecule has 2 rings (SSSR count). The molecule has 0 radical (unpaired) electrons. The van der Waals surface area contributed by atoms with Crippen molar-refractivity contribution in [3.8, 4) is 0 Å². The van der Waals surface area contributed by atoms with Crippen LogP contribution >= 0.6 is 11.8 Å². The standard InChI is InChI=1S/C11H14OS/c1-13-11-6-3-9(4-7-11)2-5-10-8-12-10/h3-4,6-7,10H,2,5,8H2,1H3. The van der Waals surface area contributed by atoms with Crippen LogP contribution in [0.1, 0.15) is 12.0 Å². The molecular formula is C11H14OS. The van der Waals surface area contributed by atoms with Crippen molar-refractivity contribution < 1.29 is 4.74 Å². The number of hydrogen-bond acceptors (Lipinski definition) is 2. The molecule has 1 unspecified atom stereocenters. The summed E-state index contributed by atoms with van der Waals surface area (Å²) < 4.78 is 5.17. The zero-order valence-corrected chi connectivity index (χ0v) is 8.64. The van der Waals surface area contributed by atoms with Crippen molar-refractivity contribution in [2.45, 2.75) is 23.8 Å². The largest absolute Gasteiger partial charge is 0.373 e. The van der Waals surface area contributed by atoms with Crippen molar-refractivity contribution in [2.75, 3.05) is 12.9 Å². The third-order valence-electron chi connectivity index (χ3n) is 2.32. The van der Waals surface area contributed by atoms with Crippen LogP contribution < -0.4 is 0 Å². The van der Waals surface area contributed by atoms with Gasteiger partial charge in [-0.05, 0) is 36.8 Å². The molecule has 0 spiro atoms. The third kappa shape index (κ3) is 2.75. The SMILES string of the molecule is CSc1ccc(CCC2CO2)cc1. The van der Waals surface area contributed by atoms with Crippen LogP contribution in [0.2, 0.25) is 0 Å². The lowest BCUT2D eigenvalue weighted by molar-refractivity contribution is 0.397. The molecule has 1 atom stereocenters. The Morgan fingerprint density at radius 1 is 1.38 bits per heavy atom. The van der Waals surface area contributed by atoms with Crippen molar-refractivity contribution in [2.24, 2.45) is 0 Å². The van der Waals surface area contributed by atoms with Crippen LogP contribution in [0, 0.1) is 0 Å². The fourth-order valence-electron chi connectivity index (χ4n) is 1.35. The summed E-state index contributed by atoms with van der Waals surface area (Å²) in [5, 5.41) is 0. The number of rotatable bonds is 4. The van der Waals surface area contributed by atoms with Crippen LogP contribution in [-0.2, 0) is 11.2 Å². The summed E-state index contributed by atoms with van der Waals surface area (Å²) in [6, 6.07) is 8.81. The van der Waals surface area contributed by atoms with Gasteiger partial charge < -0.3 is 4.74 Å². The second kappa shape index (κ2) is 4.16. The Kier molecular flexibility index (Phi) is 2.91. The fourth-order valence-corrected chi connectivity index (χ4v) is 1.76. The van der Waals surface area contributed by atoms with E-state index in [-0.39, 0.29) is 0 Å². The van der Waals surface area contributed by atoms with E-state index >= 15 is 0 Å². The van der Waals surface area contributed by atoms with Crippen molar-refractivity contribution in [3.05, 3.63) is 29.8 Å². The van der Waals surface area contributed by atoms with E-state index in [1.807, 2.05) is 0 Å². The number of thioether (sulfide) groups is 1. The first-order valence-corrected chi connectivity index (χ1v) is 5.85. The van der Waals surface area contributed by atoms with E-state index in [0.29, 0.717) is 6.10 Å². The summed E-state index contributed by atoms with van der Waals surface area (Å²) in [6.07, 6.45) is 4.99. The maximum absolute atomic E-state index is 5.17. The molecule has 1 fully saturated rings. The highest BCUT2D eigenvalue weighted by molar-refractivity contribution is 7.98.